The molecule has 0 aliphatic heterocycles. The van der Waals surface area contributed by atoms with Crippen molar-refractivity contribution < 1.29 is 0 Å². The number of rotatable bonds is 2. The van der Waals surface area contributed by atoms with Crippen molar-refractivity contribution in [2.45, 2.75) is 38.6 Å². The molecular weight excluding hydrogens is 98.1 g/mol. The third-order valence-electron chi connectivity index (χ3n) is 1.93. The minimum atomic E-state index is 0.431. The van der Waals surface area contributed by atoms with Gasteiger partial charge in [0.1, 0.15) is 0 Å². The lowest BCUT2D eigenvalue weighted by atomic mass is 9.81. The molecule has 0 aromatic rings. The van der Waals surface area contributed by atoms with Crippen molar-refractivity contribution in [1.82, 2.24) is 0 Å². The molecule has 1 nitrogen and oxygen atoms in total. The molecule has 1 heteroatoms. The Hall–Kier alpha value is -0.0400. The first kappa shape index (κ1) is 6.09. The molecule has 0 heterocycles. The molecule has 1 aliphatic rings. The third-order valence-corrected chi connectivity index (χ3v) is 1.93. The van der Waals surface area contributed by atoms with Gasteiger partial charge < -0.3 is 5.73 Å². The summed E-state index contributed by atoms with van der Waals surface area (Å²) in [5.41, 5.74) is 5.60. The molecule has 1 aliphatic carbocycles. The fraction of sp³-hybridized carbons (Fsp3) is 1.00. The van der Waals surface area contributed by atoms with E-state index in [9.17, 15) is 0 Å². The van der Waals surface area contributed by atoms with Crippen molar-refractivity contribution in [3.8, 4) is 0 Å². The predicted octanol–water partition coefficient (Wildman–Crippen LogP) is 1.52. The summed E-state index contributed by atoms with van der Waals surface area (Å²) in [6.07, 6.45) is 5.56. The van der Waals surface area contributed by atoms with E-state index in [0.717, 1.165) is 5.92 Å². The molecule has 1 atom stereocenters. The van der Waals surface area contributed by atoms with Gasteiger partial charge >= 0.3 is 0 Å². The van der Waals surface area contributed by atoms with Crippen LogP contribution in [0.1, 0.15) is 32.6 Å². The molecule has 2 N–H and O–H groups in total. The molecule has 0 radical (unpaired) electrons. The molecule has 1 fully saturated rings. The highest BCUT2D eigenvalue weighted by molar-refractivity contribution is 4.72. The Balaban J connectivity index is 2.01. The van der Waals surface area contributed by atoms with Crippen molar-refractivity contribution in [3.63, 3.8) is 0 Å². The number of nitrogens with two attached hydrogens (primary N) is 1. The van der Waals surface area contributed by atoms with Crippen LogP contribution in [0.25, 0.3) is 0 Å². The molecule has 1 rings (SSSR count). The number of hydrogen-bond donors (Lipinski definition) is 1. The second-order valence-corrected chi connectivity index (χ2v) is 3.01. The maximum Gasteiger partial charge on any atom is 0.00131 e. The zero-order chi connectivity index (χ0) is 5.98. The van der Waals surface area contributed by atoms with E-state index in [0.29, 0.717) is 6.04 Å². The van der Waals surface area contributed by atoms with Gasteiger partial charge in [-0.15, -0.1) is 0 Å². The van der Waals surface area contributed by atoms with Gasteiger partial charge in [-0.1, -0.05) is 19.3 Å². The van der Waals surface area contributed by atoms with Gasteiger partial charge in [-0.2, -0.15) is 0 Å². The summed E-state index contributed by atoms with van der Waals surface area (Å²) >= 11 is 0. The first-order chi connectivity index (χ1) is 3.79. The Morgan fingerprint density at radius 3 is 2.38 bits per heavy atom. The summed E-state index contributed by atoms with van der Waals surface area (Å²) in [5, 5.41) is 0. The minimum absolute atomic E-state index is 0.431. The Kier molecular flexibility index (Phi) is 1.90. The molecule has 0 spiro atoms. The molecule has 1 saturated carbocycles. The van der Waals surface area contributed by atoms with Gasteiger partial charge in [-0.25, -0.2) is 0 Å². The highest BCUT2D eigenvalue weighted by Crippen LogP contribution is 2.29. The smallest absolute Gasteiger partial charge is 0.00131 e. The van der Waals surface area contributed by atoms with E-state index >= 15 is 0 Å². The summed E-state index contributed by atoms with van der Waals surface area (Å²) in [6.45, 7) is 2.10. The zero-order valence-electron chi connectivity index (χ0n) is 5.56. The van der Waals surface area contributed by atoms with E-state index in [2.05, 4.69) is 6.92 Å². The van der Waals surface area contributed by atoms with Gasteiger partial charge in [0.05, 0.1) is 0 Å². The van der Waals surface area contributed by atoms with Gasteiger partial charge in [0.25, 0.3) is 0 Å². The van der Waals surface area contributed by atoms with Crippen LogP contribution in [0.2, 0.25) is 0 Å². The highest BCUT2D eigenvalue weighted by atomic mass is 14.6. The lowest BCUT2D eigenvalue weighted by Gasteiger charge is -2.26. The van der Waals surface area contributed by atoms with Crippen LogP contribution in [0.5, 0.6) is 0 Å². The van der Waals surface area contributed by atoms with Crippen molar-refractivity contribution in [2.24, 2.45) is 11.7 Å². The van der Waals surface area contributed by atoms with Crippen molar-refractivity contribution in [3.05, 3.63) is 0 Å². The fourth-order valence-corrected chi connectivity index (χ4v) is 1.25. The third kappa shape index (κ3) is 1.48. The quantitative estimate of drug-likeness (QED) is 0.577. The Bertz CT molecular complexity index is 64.8. The minimum Gasteiger partial charge on any atom is -0.328 e. The van der Waals surface area contributed by atoms with E-state index in [-0.39, 0.29) is 0 Å². The predicted molar refractivity (Wildman–Crippen MR) is 35.6 cm³/mol. The van der Waals surface area contributed by atoms with Crippen molar-refractivity contribution >= 4 is 0 Å². The van der Waals surface area contributed by atoms with E-state index in [4.69, 9.17) is 5.73 Å². The van der Waals surface area contributed by atoms with Crippen molar-refractivity contribution in [1.29, 1.82) is 0 Å². The van der Waals surface area contributed by atoms with Gasteiger partial charge in [-0.3, -0.25) is 0 Å². The first-order valence-corrected chi connectivity index (χ1v) is 3.54. The van der Waals surface area contributed by atoms with Gasteiger partial charge in [0.2, 0.25) is 0 Å². The topological polar surface area (TPSA) is 26.0 Å². The summed E-state index contributed by atoms with van der Waals surface area (Å²) in [4.78, 5) is 0. The van der Waals surface area contributed by atoms with Crippen LogP contribution >= 0.6 is 0 Å². The summed E-state index contributed by atoms with van der Waals surface area (Å²) in [7, 11) is 0. The molecule has 0 amide bonds. The average Bonchev–Trinajstić information content (AvgIpc) is 1.55. The van der Waals surface area contributed by atoms with Crippen LogP contribution < -0.4 is 5.73 Å². The number of hydrogen-bond acceptors (Lipinski definition) is 1. The molecular formula is C7H15N. The van der Waals surface area contributed by atoms with Gasteiger partial charge in [0, 0.05) is 6.04 Å². The largest absolute Gasteiger partial charge is 0.328 e. The maximum atomic E-state index is 5.60. The fourth-order valence-electron chi connectivity index (χ4n) is 1.25. The molecule has 0 aromatic heterocycles. The maximum absolute atomic E-state index is 5.60. The molecule has 0 saturated heterocycles. The molecule has 0 bridgehead atoms. The second-order valence-electron chi connectivity index (χ2n) is 3.01. The molecule has 48 valence electrons. The normalized spacial score (nSPS) is 24.8. The van der Waals surface area contributed by atoms with Crippen LogP contribution in [-0.4, -0.2) is 6.04 Å². The van der Waals surface area contributed by atoms with E-state index in [1.807, 2.05) is 0 Å². The summed E-state index contributed by atoms with van der Waals surface area (Å²) in [6, 6.07) is 0.431. The van der Waals surface area contributed by atoms with Crippen LogP contribution in [0.4, 0.5) is 0 Å². The second kappa shape index (κ2) is 2.49. The summed E-state index contributed by atoms with van der Waals surface area (Å²) < 4.78 is 0. The summed E-state index contributed by atoms with van der Waals surface area (Å²) in [5.74, 6) is 0.981. The standard InChI is InChI=1S/C7H15N/c1-6(8)5-7-3-2-4-7/h6-7H,2-5,8H2,1H3/t6-/m1/s1. The van der Waals surface area contributed by atoms with Crippen LogP contribution in [0.3, 0.4) is 0 Å². The lowest BCUT2D eigenvalue weighted by Crippen LogP contribution is -2.23. The lowest BCUT2D eigenvalue weighted by molar-refractivity contribution is 0.281. The van der Waals surface area contributed by atoms with Crippen LogP contribution in [0.15, 0.2) is 0 Å². The monoisotopic (exact) mass is 113 g/mol. The zero-order valence-corrected chi connectivity index (χ0v) is 5.56. The first-order valence-electron chi connectivity index (χ1n) is 3.54. The highest BCUT2D eigenvalue weighted by Gasteiger charge is 2.17. The van der Waals surface area contributed by atoms with Crippen LogP contribution in [0, 0.1) is 5.92 Å². The van der Waals surface area contributed by atoms with E-state index < -0.39 is 0 Å². The van der Waals surface area contributed by atoms with E-state index in [1.165, 1.54) is 25.7 Å². The average molecular weight is 113 g/mol. The van der Waals surface area contributed by atoms with E-state index in [1.54, 1.807) is 0 Å². The van der Waals surface area contributed by atoms with Gasteiger partial charge in [0.15, 0.2) is 0 Å². The molecule has 0 aromatic carbocycles. The van der Waals surface area contributed by atoms with Gasteiger partial charge in [-0.05, 0) is 19.3 Å². The Labute approximate surface area is 51.3 Å². The Morgan fingerprint density at radius 1 is 1.62 bits per heavy atom. The molecule has 8 heavy (non-hydrogen) atoms. The SMILES string of the molecule is C[C@@H](N)CC1CCC1. The molecule has 0 unspecified atom stereocenters. The van der Waals surface area contributed by atoms with Crippen LogP contribution in [-0.2, 0) is 0 Å². The Morgan fingerprint density at radius 2 is 2.25 bits per heavy atom. The van der Waals surface area contributed by atoms with Crippen molar-refractivity contribution in [2.75, 3.05) is 0 Å².